The topological polar surface area (TPSA) is 38.3 Å². The lowest BCUT2D eigenvalue weighted by molar-refractivity contribution is 0.271. The minimum absolute atomic E-state index is 0.451. The van der Waals surface area contributed by atoms with E-state index in [9.17, 15) is 0 Å². The summed E-state index contributed by atoms with van der Waals surface area (Å²) in [6, 6.07) is 0. The van der Waals surface area contributed by atoms with Gasteiger partial charge in [0.1, 0.15) is 11.5 Å². The molecule has 4 nitrogen and oxygen atoms in total. The maximum absolute atomic E-state index is 5.84. The van der Waals surface area contributed by atoms with Crippen molar-refractivity contribution < 1.29 is 4.74 Å². The van der Waals surface area contributed by atoms with Crippen LogP contribution in [0, 0.1) is 6.92 Å². The van der Waals surface area contributed by atoms with Gasteiger partial charge >= 0.3 is 0 Å². The average Bonchev–Trinajstić information content (AvgIpc) is 2.18. The minimum atomic E-state index is 0.451. The molecule has 0 unspecified atom stereocenters. The van der Waals surface area contributed by atoms with Gasteiger partial charge in [0, 0.05) is 12.1 Å². The molecule has 1 aromatic heterocycles. The molecule has 0 N–H and O–H groups in total. The van der Waals surface area contributed by atoms with Gasteiger partial charge in [0.25, 0.3) is 0 Å². The summed E-state index contributed by atoms with van der Waals surface area (Å²) in [5.41, 5.74) is 0.795. The van der Waals surface area contributed by atoms with Gasteiger partial charge in [0.05, 0.1) is 6.61 Å². The zero-order valence-corrected chi connectivity index (χ0v) is 10.1. The molecule has 0 aromatic carbocycles. The fourth-order valence-electron chi connectivity index (χ4n) is 1.11. The zero-order chi connectivity index (χ0) is 11.3. The van der Waals surface area contributed by atoms with Crippen LogP contribution in [0.25, 0.3) is 0 Å². The molecule has 0 aliphatic heterocycles. The van der Waals surface area contributed by atoms with Crippen molar-refractivity contribution in [2.45, 2.75) is 13.3 Å². The van der Waals surface area contributed by atoms with Crippen LogP contribution in [0.1, 0.15) is 12.0 Å². The van der Waals surface area contributed by atoms with Gasteiger partial charge in [-0.15, -0.1) is 0 Å². The van der Waals surface area contributed by atoms with Crippen molar-refractivity contribution in [3.05, 3.63) is 17.0 Å². The average molecular weight is 230 g/mol. The number of aromatic nitrogens is 2. The third-order valence-electron chi connectivity index (χ3n) is 1.96. The Morgan fingerprint density at radius 1 is 1.40 bits per heavy atom. The molecular formula is C10H16ClN3O. The van der Waals surface area contributed by atoms with Crippen molar-refractivity contribution in [1.82, 2.24) is 14.9 Å². The molecule has 0 aliphatic rings. The van der Waals surface area contributed by atoms with Crippen molar-refractivity contribution in [3.63, 3.8) is 0 Å². The third kappa shape index (κ3) is 4.01. The van der Waals surface area contributed by atoms with Crippen molar-refractivity contribution in [2.75, 3.05) is 27.2 Å². The maximum atomic E-state index is 5.84. The van der Waals surface area contributed by atoms with Gasteiger partial charge in [-0.2, -0.15) is 0 Å². The Labute approximate surface area is 95.2 Å². The molecular weight excluding hydrogens is 214 g/mol. The molecule has 84 valence electrons. The fraction of sp³-hybridized carbons (Fsp3) is 0.600. The lowest BCUT2D eigenvalue weighted by Gasteiger charge is -2.11. The second kappa shape index (κ2) is 5.88. The first-order valence-corrected chi connectivity index (χ1v) is 5.23. The smallest absolute Gasteiger partial charge is 0.220 e. The van der Waals surface area contributed by atoms with Gasteiger partial charge in [-0.3, -0.25) is 0 Å². The van der Waals surface area contributed by atoms with E-state index in [1.54, 1.807) is 0 Å². The number of ether oxygens (including phenoxy) is 1. The second-order valence-electron chi connectivity index (χ2n) is 3.60. The number of nitrogens with zero attached hydrogens (tertiary/aromatic N) is 3. The maximum Gasteiger partial charge on any atom is 0.220 e. The van der Waals surface area contributed by atoms with Crippen LogP contribution in [0.2, 0.25) is 5.15 Å². The van der Waals surface area contributed by atoms with E-state index in [2.05, 4.69) is 14.9 Å². The summed E-state index contributed by atoms with van der Waals surface area (Å²) in [5, 5.41) is 0.451. The molecule has 1 aromatic rings. The molecule has 5 heteroatoms. The van der Waals surface area contributed by atoms with E-state index in [4.69, 9.17) is 16.3 Å². The van der Waals surface area contributed by atoms with Gasteiger partial charge in [-0.1, -0.05) is 11.6 Å². The second-order valence-corrected chi connectivity index (χ2v) is 3.96. The van der Waals surface area contributed by atoms with Crippen LogP contribution < -0.4 is 4.74 Å². The molecule has 1 rings (SSSR count). The molecule has 0 radical (unpaired) electrons. The van der Waals surface area contributed by atoms with Gasteiger partial charge in [0.15, 0.2) is 0 Å². The molecule has 15 heavy (non-hydrogen) atoms. The summed E-state index contributed by atoms with van der Waals surface area (Å²) in [6.45, 7) is 3.49. The van der Waals surface area contributed by atoms with E-state index < -0.39 is 0 Å². The third-order valence-corrected chi connectivity index (χ3v) is 2.35. The lowest BCUT2D eigenvalue weighted by atomic mass is 10.4. The van der Waals surface area contributed by atoms with E-state index in [-0.39, 0.29) is 0 Å². The first kappa shape index (κ1) is 12.2. The van der Waals surface area contributed by atoms with Crippen molar-refractivity contribution in [3.8, 4) is 5.88 Å². The predicted octanol–water partition coefficient (Wildman–Crippen LogP) is 1.77. The largest absolute Gasteiger partial charge is 0.477 e. The Hall–Kier alpha value is -0.870. The van der Waals surface area contributed by atoms with Crippen LogP contribution in [-0.2, 0) is 0 Å². The van der Waals surface area contributed by atoms with Gasteiger partial charge in [0.2, 0.25) is 5.88 Å². The molecule has 0 bridgehead atoms. The van der Waals surface area contributed by atoms with Crippen molar-refractivity contribution in [2.24, 2.45) is 0 Å². The quantitative estimate of drug-likeness (QED) is 0.570. The van der Waals surface area contributed by atoms with Crippen LogP contribution in [0.15, 0.2) is 6.33 Å². The monoisotopic (exact) mass is 229 g/mol. The van der Waals surface area contributed by atoms with Crippen LogP contribution in [0.3, 0.4) is 0 Å². The van der Waals surface area contributed by atoms with Crippen LogP contribution >= 0.6 is 11.6 Å². The number of hydrogen-bond donors (Lipinski definition) is 0. The van der Waals surface area contributed by atoms with Crippen LogP contribution in [0.4, 0.5) is 0 Å². The summed E-state index contributed by atoms with van der Waals surface area (Å²) in [7, 11) is 4.07. The highest BCUT2D eigenvalue weighted by molar-refractivity contribution is 6.30. The Balaban J connectivity index is 2.41. The Bertz CT molecular complexity index is 318. The molecule has 0 saturated carbocycles. The van der Waals surface area contributed by atoms with E-state index in [0.29, 0.717) is 17.6 Å². The van der Waals surface area contributed by atoms with E-state index >= 15 is 0 Å². The predicted molar refractivity (Wildman–Crippen MR) is 60.4 cm³/mol. The van der Waals surface area contributed by atoms with E-state index in [0.717, 1.165) is 18.5 Å². The van der Waals surface area contributed by atoms with E-state index in [1.165, 1.54) is 6.33 Å². The Kier molecular flexibility index (Phi) is 4.78. The van der Waals surface area contributed by atoms with Crippen LogP contribution in [-0.4, -0.2) is 42.1 Å². The summed E-state index contributed by atoms with van der Waals surface area (Å²) in [5.74, 6) is 0.578. The molecule has 0 saturated heterocycles. The summed E-state index contributed by atoms with van der Waals surface area (Å²) in [6.07, 6.45) is 2.38. The van der Waals surface area contributed by atoms with E-state index in [1.807, 2.05) is 21.0 Å². The van der Waals surface area contributed by atoms with Gasteiger partial charge < -0.3 is 9.64 Å². The summed E-state index contributed by atoms with van der Waals surface area (Å²) >= 11 is 5.84. The highest BCUT2D eigenvalue weighted by atomic mass is 35.5. The minimum Gasteiger partial charge on any atom is -0.477 e. The highest BCUT2D eigenvalue weighted by Gasteiger charge is 2.05. The fourth-order valence-corrected chi connectivity index (χ4v) is 1.23. The lowest BCUT2D eigenvalue weighted by Crippen LogP contribution is -2.16. The summed E-state index contributed by atoms with van der Waals surface area (Å²) in [4.78, 5) is 10.0. The van der Waals surface area contributed by atoms with Gasteiger partial charge in [-0.25, -0.2) is 9.97 Å². The molecule has 0 amide bonds. The zero-order valence-electron chi connectivity index (χ0n) is 9.33. The Morgan fingerprint density at radius 3 is 2.80 bits per heavy atom. The summed E-state index contributed by atoms with van der Waals surface area (Å²) < 4.78 is 5.51. The normalized spacial score (nSPS) is 10.7. The SMILES string of the molecule is Cc1c(Cl)ncnc1OCCCN(C)C. The first-order chi connectivity index (χ1) is 7.11. The molecule has 0 aliphatic carbocycles. The first-order valence-electron chi connectivity index (χ1n) is 4.86. The Morgan fingerprint density at radius 2 is 2.13 bits per heavy atom. The van der Waals surface area contributed by atoms with Crippen LogP contribution in [0.5, 0.6) is 5.88 Å². The highest BCUT2D eigenvalue weighted by Crippen LogP contribution is 2.19. The standard InChI is InChI=1S/C10H16ClN3O/c1-8-9(11)12-7-13-10(8)15-6-4-5-14(2)3/h7H,4-6H2,1-3H3. The molecule has 1 heterocycles. The van der Waals surface area contributed by atoms with Crippen molar-refractivity contribution >= 4 is 11.6 Å². The van der Waals surface area contributed by atoms with Crippen molar-refractivity contribution in [1.29, 1.82) is 0 Å². The molecule has 0 atom stereocenters. The molecule has 0 fully saturated rings. The van der Waals surface area contributed by atoms with Gasteiger partial charge in [-0.05, 0) is 27.4 Å². The number of hydrogen-bond acceptors (Lipinski definition) is 4. The molecule has 0 spiro atoms. The number of rotatable bonds is 5. The number of halogens is 1.